The summed E-state index contributed by atoms with van der Waals surface area (Å²) in [7, 11) is 1.88. The zero-order chi connectivity index (χ0) is 19.9. The fraction of sp³-hybridized carbons (Fsp3) is 0.545. The number of aliphatic imine (C=N–C) groups is 1. The summed E-state index contributed by atoms with van der Waals surface area (Å²) in [5.74, 6) is 1.02. The highest BCUT2D eigenvalue weighted by atomic mass is 16.5. The second-order valence-electron chi connectivity index (χ2n) is 7.88. The maximum atomic E-state index is 4.93. The molecule has 4 rings (SSSR count). The van der Waals surface area contributed by atoms with E-state index < -0.39 is 0 Å². The van der Waals surface area contributed by atoms with Gasteiger partial charge >= 0.3 is 0 Å². The molecular formula is C22H32N6O. The minimum absolute atomic E-state index is 0.856. The third-order valence-electron chi connectivity index (χ3n) is 5.90. The van der Waals surface area contributed by atoms with E-state index in [1.54, 1.807) is 6.26 Å². The van der Waals surface area contributed by atoms with E-state index >= 15 is 0 Å². The Hall–Kier alpha value is -2.38. The summed E-state index contributed by atoms with van der Waals surface area (Å²) >= 11 is 0. The molecule has 1 aromatic carbocycles. The predicted octanol–water partition coefficient (Wildman–Crippen LogP) is 1.82. The number of benzene rings is 1. The lowest BCUT2D eigenvalue weighted by molar-refractivity contribution is 0.169. The number of hydrogen-bond donors (Lipinski definition) is 1. The van der Waals surface area contributed by atoms with Crippen LogP contribution in [0, 0.1) is 0 Å². The van der Waals surface area contributed by atoms with E-state index in [9.17, 15) is 0 Å². The zero-order valence-corrected chi connectivity index (χ0v) is 17.4. The first-order valence-corrected chi connectivity index (χ1v) is 10.7. The Morgan fingerprint density at radius 1 is 1.07 bits per heavy atom. The Labute approximate surface area is 173 Å². The van der Waals surface area contributed by atoms with Crippen molar-refractivity contribution in [2.24, 2.45) is 4.99 Å². The molecule has 1 fully saturated rings. The van der Waals surface area contributed by atoms with Gasteiger partial charge in [-0.2, -0.15) is 0 Å². The van der Waals surface area contributed by atoms with Crippen molar-refractivity contribution in [1.29, 1.82) is 0 Å². The molecule has 2 aromatic rings. The van der Waals surface area contributed by atoms with E-state index in [2.05, 4.69) is 54.4 Å². The van der Waals surface area contributed by atoms with E-state index in [-0.39, 0.29) is 0 Å². The molecule has 0 unspecified atom stereocenters. The van der Waals surface area contributed by atoms with Crippen molar-refractivity contribution in [2.45, 2.75) is 25.9 Å². The monoisotopic (exact) mass is 396 g/mol. The fourth-order valence-electron chi connectivity index (χ4n) is 4.25. The summed E-state index contributed by atoms with van der Waals surface area (Å²) in [5.41, 5.74) is 4.01. The van der Waals surface area contributed by atoms with Crippen molar-refractivity contribution >= 4 is 5.96 Å². The average molecular weight is 397 g/mol. The van der Waals surface area contributed by atoms with Crippen LogP contribution in [-0.4, -0.2) is 78.7 Å². The summed E-state index contributed by atoms with van der Waals surface area (Å²) in [6.07, 6.45) is 3.94. The number of rotatable bonds is 6. The van der Waals surface area contributed by atoms with Crippen LogP contribution < -0.4 is 5.32 Å². The van der Waals surface area contributed by atoms with Crippen LogP contribution in [0.15, 0.2) is 46.1 Å². The maximum Gasteiger partial charge on any atom is 0.193 e. The number of nitrogens with zero attached hydrogens (tertiary/aromatic N) is 5. The van der Waals surface area contributed by atoms with Gasteiger partial charge in [0.1, 0.15) is 6.26 Å². The summed E-state index contributed by atoms with van der Waals surface area (Å²) in [4.78, 5) is 11.8. The zero-order valence-electron chi connectivity index (χ0n) is 17.4. The van der Waals surface area contributed by atoms with Crippen molar-refractivity contribution in [1.82, 2.24) is 25.2 Å². The maximum absolute atomic E-state index is 4.93. The van der Waals surface area contributed by atoms with Gasteiger partial charge in [0, 0.05) is 72.0 Å². The van der Waals surface area contributed by atoms with Crippen LogP contribution in [0.4, 0.5) is 0 Å². The van der Waals surface area contributed by atoms with Gasteiger partial charge in [0.2, 0.25) is 0 Å². The molecule has 0 saturated carbocycles. The van der Waals surface area contributed by atoms with Crippen LogP contribution in [-0.2, 0) is 19.5 Å². The second kappa shape index (κ2) is 9.89. The normalized spacial score (nSPS) is 18.7. The molecule has 7 nitrogen and oxygen atoms in total. The van der Waals surface area contributed by atoms with Crippen molar-refractivity contribution in [3.8, 4) is 0 Å². The number of piperazine rings is 1. The fourth-order valence-corrected chi connectivity index (χ4v) is 4.25. The summed E-state index contributed by atoms with van der Waals surface area (Å²) in [6, 6.07) is 10.8. The van der Waals surface area contributed by atoms with Crippen LogP contribution in [0.1, 0.15) is 23.2 Å². The van der Waals surface area contributed by atoms with Crippen LogP contribution >= 0.6 is 0 Å². The van der Waals surface area contributed by atoms with Gasteiger partial charge in [0.25, 0.3) is 0 Å². The Balaban J connectivity index is 1.15. The van der Waals surface area contributed by atoms with Gasteiger partial charge in [-0.05, 0) is 24.0 Å². The molecular weight excluding hydrogens is 364 g/mol. The van der Waals surface area contributed by atoms with Crippen LogP contribution in [0.2, 0.25) is 0 Å². The third kappa shape index (κ3) is 5.36. The SMILES string of the molecule is CN=C(NCCCN1CCc2ccccc2C1)N1CCN(Cc2ccon2)CC1. The largest absolute Gasteiger partial charge is 0.364 e. The Morgan fingerprint density at radius 2 is 1.90 bits per heavy atom. The lowest BCUT2D eigenvalue weighted by atomic mass is 10.00. The highest BCUT2D eigenvalue weighted by Gasteiger charge is 2.20. The number of fused-ring (bicyclic) bond motifs is 1. The van der Waals surface area contributed by atoms with Gasteiger partial charge in [-0.25, -0.2) is 0 Å². The van der Waals surface area contributed by atoms with Gasteiger partial charge < -0.3 is 14.7 Å². The quantitative estimate of drug-likeness (QED) is 0.457. The number of guanidine groups is 1. The first-order chi connectivity index (χ1) is 14.3. The molecule has 3 heterocycles. The summed E-state index contributed by atoms with van der Waals surface area (Å²) < 4.78 is 4.93. The smallest absolute Gasteiger partial charge is 0.193 e. The van der Waals surface area contributed by atoms with Crippen molar-refractivity contribution in [3.05, 3.63) is 53.4 Å². The number of nitrogens with one attached hydrogen (secondary N) is 1. The molecule has 156 valence electrons. The Kier molecular flexibility index (Phi) is 6.79. The molecule has 7 heteroatoms. The predicted molar refractivity (Wildman–Crippen MR) is 115 cm³/mol. The van der Waals surface area contributed by atoms with Gasteiger partial charge in [0.05, 0.1) is 5.69 Å². The lowest BCUT2D eigenvalue weighted by Crippen LogP contribution is -2.52. The molecule has 0 atom stereocenters. The van der Waals surface area contributed by atoms with Gasteiger partial charge in [-0.3, -0.25) is 14.8 Å². The molecule has 2 aliphatic heterocycles. The van der Waals surface area contributed by atoms with Crippen molar-refractivity contribution in [2.75, 3.05) is 52.9 Å². The third-order valence-corrected chi connectivity index (χ3v) is 5.90. The standard InChI is InChI=1S/C22H32N6O/c1-23-22(28-14-12-27(13-15-28)18-21-8-16-29-25-21)24-9-4-10-26-11-7-19-5-2-3-6-20(19)17-26/h2-3,5-6,8,16H,4,7,9-15,17-18H2,1H3,(H,23,24). The van der Waals surface area contributed by atoms with E-state index in [1.165, 1.54) is 24.1 Å². The average Bonchev–Trinajstić information content (AvgIpc) is 3.27. The highest BCUT2D eigenvalue weighted by molar-refractivity contribution is 5.79. The minimum atomic E-state index is 0.856. The molecule has 1 aromatic heterocycles. The molecule has 1 saturated heterocycles. The van der Waals surface area contributed by atoms with Crippen LogP contribution in [0.3, 0.4) is 0 Å². The second-order valence-corrected chi connectivity index (χ2v) is 7.88. The first-order valence-electron chi connectivity index (χ1n) is 10.7. The molecule has 2 aliphatic rings. The van der Waals surface area contributed by atoms with E-state index in [1.807, 2.05) is 13.1 Å². The molecule has 29 heavy (non-hydrogen) atoms. The first kappa shape index (κ1) is 19.9. The van der Waals surface area contributed by atoms with Gasteiger partial charge in [0.15, 0.2) is 5.96 Å². The number of aromatic nitrogens is 1. The van der Waals surface area contributed by atoms with Crippen molar-refractivity contribution < 1.29 is 4.52 Å². The van der Waals surface area contributed by atoms with Crippen molar-refractivity contribution in [3.63, 3.8) is 0 Å². The van der Waals surface area contributed by atoms with Gasteiger partial charge in [-0.1, -0.05) is 29.4 Å². The summed E-state index contributed by atoms with van der Waals surface area (Å²) in [6.45, 7) is 9.20. The molecule has 0 bridgehead atoms. The molecule has 1 N–H and O–H groups in total. The van der Waals surface area contributed by atoms with E-state index in [0.717, 1.165) is 70.4 Å². The van der Waals surface area contributed by atoms with Crippen LogP contribution in [0.25, 0.3) is 0 Å². The highest BCUT2D eigenvalue weighted by Crippen LogP contribution is 2.18. The van der Waals surface area contributed by atoms with E-state index in [0.29, 0.717) is 0 Å². The number of hydrogen-bond acceptors (Lipinski definition) is 5. The Bertz CT molecular complexity index is 782. The summed E-state index contributed by atoms with van der Waals surface area (Å²) in [5, 5.41) is 7.57. The Morgan fingerprint density at radius 3 is 2.66 bits per heavy atom. The van der Waals surface area contributed by atoms with E-state index in [4.69, 9.17) is 4.52 Å². The molecule has 0 aliphatic carbocycles. The lowest BCUT2D eigenvalue weighted by Gasteiger charge is -2.36. The molecule has 0 radical (unpaired) electrons. The molecule has 0 amide bonds. The van der Waals surface area contributed by atoms with Crippen LogP contribution in [0.5, 0.6) is 0 Å². The molecule has 0 spiro atoms. The topological polar surface area (TPSA) is 60.1 Å². The minimum Gasteiger partial charge on any atom is -0.364 e. The van der Waals surface area contributed by atoms with Gasteiger partial charge in [-0.15, -0.1) is 0 Å².